The fourth-order valence-corrected chi connectivity index (χ4v) is 2.97. The van der Waals surface area contributed by atoms with Crippen LogP contribution in [0, 0.1) is 0 Å². The van der Waals surface area contributed by atoms with E-state index in [-0.39, 0.29) is 6.04 Å². The van der Waals surface area contributed by atoms with Crippen molar-refractivity contribution >= 4 is 26.8 Å². The molecule has 0 spiro atoms. The van der Waals surface area contributed by atoms with Gasteiger partial charge in [-0.3, -0.25) is 4.98 Å². The quantitative estimate of drug-likeness (QED) is 0.775. The molecular formula is C17H15BrN2. The highest BCUT2D eigenvalue weighted by atomic mass is 79.9. The summed E-state index contributed by atoms with van der Waals surface area (Å²) in [4.78, 5) is 4.55. The van der Waals surface area contributed by atoms with Crippen LogP contribution in [0.25, 0.3) is 10.9 Å². The van der Waals surface area contributed by atoms with Crippen LogP contribution in [0.4, 0.5) is 0 Å². The molecule has 0 amide bonds. The second kappa shape index (κ2) is 5.73. The maximum Gasteiger partial charge on any atom is 0.0753 e. The molecule has 20 heavy (non-hydrogen) atoms. The molecule has 0 aliphatic heterocycles. The van der Waals surface area contributed by atoms with E-state index in [0.29, 0.717) is 0 Å². The van der Waals surface area contributed by atoms with Gasteiger partial charge in [0, 0.05) is 16.1 Å². The molecule has 0 fully saturated rings. The van der Waals surface area contributed by atoms with E-state index in [4.69, 9.17) is 0 Å². The summed E-state index contributed by atoms with van der Waals surface area (Å²) in [5, 5.41) is 4.56. The van der Waals surface area contributed by atoms with Crippen LogP contribution in [0.5, 0.6) is 0 Å². The van der Waals surface area contributed by atoms with Crippen LogP contribution >= 0.6 is 15.9 Å². The lowest BCUT2D eigenvalue weighted by Gasteiger charge is -2.19. The summed E-state index contributed by atoms with van der Waals surface area (Å²) < 4.78 is 1.09. The van der Waals surface area contributed by atoms with E-state index in [9.17, 15) is 0 Å². The summed E-state index contributed by atoms with van der Waals surface area (Å²) in [6.45, 7) is 0. The van der Waals surface area contributed by atoms with Crippen molar-refractivity contribution in [1.82, 2.24) is 10.3 Å². The highest BCUT2D eigenvalue weighted by Gasteiger charge is 2.15. The Morgan fingerprint density at radius 1 is 1.05 bits per heavy atom. The van der Waals surface area contributed by atoms with E-state index in [2.05, 4.69) is 68.7 Å². The standard InChI is InChI=1S/C17H15BrN2/c1-19-16(13-6-2-8-14(18)11-13)15-9-3-5-12-7-4-10-20-17(12)15/h2-11,16,19H,1H3. The number of aromatic nitrogens is 1. The Balaban J connectivity index is 2.17. The second-order valence-electron chi connectivity index (χ2n) is 4.70. The normalized spacial score (nSPS) is 12.5. The third kappa shape index (κ3) is 2.47. The molecular weight excluding hydrogens is 312 g/mol. The Morgan fingerprint density at radius 2 is 1.85 bits per heavy atom. The van der Waals surface area contributed by atoms with Crippen molar-refractivity contribution in [2.75, 3.05) is 7.05 Å². The third-order valence-corrected chi connectivity index (χ3v) is 3.94. The molecule has 3 heteroatoms. The highest BCUT2D eigenvalue weighted by molar-refractivity contribution is 9.10. The molecule has 1 atom stereocenters. The van der Waals surface area contributed by atoms with Gasteiger partial charge in [0.15, 0.2) is 0 Å². The van der Waals surface area contributed by atoms with Crippen LogP contribution in [0.3, 0.4) is 0 Å². The number of pyridine rings is 1. The largest absolute Gasteiger partial charge is 0.309 e. The average molecular weight is 327 g/mol. The Bertz CT molecular complexity index is 734. The van der Waals surface area contributed by atoms with E-state index in [1.807, 2.05) is 25.4 Å². The number of benzene rings is 2. The minimum absolute atomic E-state index is 0.131. The smallest absolute Gasteiger partial charge is 0.0753 e. The molecule has 0 radical (unpaired) electrons. The number of para-hydroxylation sites is 1. The average Bonchev–Trinajstić information content (AvgIpc) is 2.48. The van der Waals surface area contributed by atoms with Crippen LogP contribution in [0.15, 0.2) is 65.3 Å². The van der Waals surface area contributed by atoms with Gasteiger partial charge in [-0.05, 0) is 36.4 Å². The van der Waals surface area contributed by atoms with Gasteiger partial charge in [-0.2, -0.15) is 0 Å². The maximum absolute atomic E-state index is 4.55. The van der Waals surface area contributed by atoms with Gasteiger partial charge in [-0.1, -0.05) is 52.3 Å². The van der Waals surface area contributed by atoms with E-state index >= 15 is 0 Å². The SMILES string of the molecule is CNC(c1cccc(Br)c1)c1cccc2cccnc12. The Labute approximate surface area is 127 Å². The zero-order valence-electron chi connectivity index (χ0n) is 11.2. The lowest BCUT2D eigenvalue weighted by Crippen LogP contribution is -2.18. The summed E-state index contributed by atoms with van der Waals surface area (Å²) >= 11 is 3.54. The van der Waals surface area contributed by atoms with Gasteiger partial charge in [0.25, 0.3) is 0 Å². The second-order valence-corrected chi connectivity index (χ2v) is 5.61. The number of rotatable bonds is 3. The monoisotopic (exact) mass is 326 g/mol. The van der Waals surface area contributed by atoms with Gasteiger partial charge in [0.1, 0.15) is 0 Å². The minimum Gasteiger partial charge on any atom is -0.309 e. The summed E-state index contributed by atoms with van der Waals surface area (Å²) in [5.74, 6) is 0. The molecule has 2 nitrogen and oxygen atoms in total. The van der Waals surface area contributed by atoms with Gasteiger partial charge < -0.3 is 5.32 Å². The zero-order valence-corrected chi connectivity index (χ0v) is 12.8. The number of halogens is 1. The van der Waals surface area contributed by atoms with Crippen LogP contribution in [0.1, 0.15) is 17.2 Å². The van der Waals surface area contributed by atoms with Gasteiger partial charge in [0.2, 0.25) is 0 Å². The van der Waals surface area contributed by atoms with Crippen LogP contribution in [-0.2, 0) is 0 Å². The molecule has 0 bridgehead atoms. The highest BCUT2D eigenvalue weighted by Crippen LogP contribution is 2.28. The number of nitrogens with zero attached hydrogens (tertiary/aromatic N) is 1. The summed E-state index contributed by atoms with van der Waals surface area (Å²) in [6.07, 6.45) is 1.85. The fourth-order valence-electron chi connectivity index (χ4n) is 2.55. The fraction of sp³-hybridized carbons (Fsp3) is 0.118. The first-order valence-electron chi connectivity index (χ1n) is 6.56. The summed E-state index contributed by atoms with van der Waals surface area (Å²) in [5.41, 5.74) is 3.47. The topological polar surface area (TPSA) is 24.9 Å². The minimum atomic E-state index is 0.131. The van der Waals surface area contributed by atoms with Crippen LogP contribution in [-0.4, -0.2) is 12.0 Å². The van der Waals surface area contributed by atoms with E-state index in [0.717, 1.165) is 9.99 Å². The van der Waals surface area contributed by atoms with Crippen molar-refractivity contribution < 1.29 is 0 Å². The van der Waals surface area contributed by atoms with Gasteiger partial charge in [0.05, 0.1) is 11.6 Å². The van der Waals surface area contributed by atoms with E-state index < -0.39 is 0 Å². The first kappa shape index (κ1) is 13.3. The van der Waals surface area contributed by atoms with Crippen LogP contribution in [0.2, 0.25) is 0 Å². The van der Waals surface area contributed by atoms with Gasteiger partial charge in [-0.15, -0.1) is 0 Å². The zero-order chi connectivity index (χ0) is 13.9. The maximum atomic E-state index is 4.55. The Hall–Kier alpha value is -1.71. The molecule has 3 aromatic rings. The molecule has 0 saturated carbocycles. The van der Waals surface area contributed by atoms with Gasteiger partial charge in [-0.25, -0.2) is 0 Å². The molecule has 0 aliphatic carbocycles. The number of fused-ring (bicyclic) bond motifs is 1. The Kier molecular flexibility index (Phi) is 3.81. The summed E-state index contributed by atoms with van der Waals surface area (Å²) in [6, 6.07) is 18.9. The van der Waals surface area contributed by atoms with Crippen molar-refractivity contribution in [2.45, 2.75) is 6.04 Å². The molecule has 0 saturated heterocycles. The summed E-state index contributed by atoms with van der Waals surface area (Å²) in [7, 11) is 1.98. The van der Waals surface area contributed by atoms with E-state index in [1.165, 1.54) is 16.5 Å². The van der Waals surface area contributed by atoms with Crippen molar-refractivity contribution in [3.63, 3.8) is 0 Å². The van der Waals surface area contributed by atoms with Crippen molar-refractivity contribution in [2.24, 2.45) is 0 Å². The molecule has 2 aromatic carbocycles. The molecule has 3 rings (SSSR count). The van der Waals surface area contributed by atoms with Crippen molar-refractivity contribution in [3.8, 4) is 0 Å². The molecule has 1 N–H and O–H groups in total. The lowest BCUT2D eigenvalue weighted by atomic mass is 9.96. The number of hydrogen-bond acceptors (Lipinski definition) is 2. The third-order valence-electron chi connectivity index (χ3n) is 3.45. The first-order valence-corrected chi connectivity index (χ1v) is 7.35. The molecule has 0 aliphatic rings. The number of hydrogen-bond donors (Lipinski definition) is 1. The predicted molar refractivity (Wildman–Crippen MR) is 86.8 cm³/mol. The predicted octanol–water partition coefficient (Wildman–Crippen LogP) is 4.31. The first-order chi connectivity index (χ1) is 9.79. The van der Waals surface area contributed by atoms with Crippen LogP contribution < -0.4 is 5.32 Å². The van der Waals surface area contributed by atoms with Crippen molar-refractivity contribution in [3.05, 3.63) is 76.4 Å². The van der Waals surface area contributed by atoms with Gasteiger partial charge >= 0.3 is 0 Å². The molecule has 1 aromatic heterocycles. The molecule has 1 unspecified atom stereocenters. The Morgan fingerprint density at radius 3 is 2.65 bits per heavy atom. The number of nitrogens with one attached hydrogen (secondary N) is 1. The van der Waals surface area contributed by atoms with E-state index in [1.54, 1.807) is 0 Å². The lowest BCUT2D eigenvalue weighted by molar-refractivity contribution is 0.695. The molecule has 1 heterocycles. The van der Waals surface area contributed by atoms with Crippen molar-refractivity contribution in [1.29, 1.82) is 0 Å². The molecule has 100 valence electrons.